The van der Waals surface area contributed by atoms with Crippen LogP contribution in [0.2, 0.25) is 0 Å². The van der Waals surface area contributed by atoms with Gasteiger partial charge in [0.2, 0.25) is 0 Å². The maximum Gasteiger partial charge on any atom is 0.416 e. The summed E-state index contributed by atoms with van der Waals surface area (Å²) < 4.78 is 43.8. The maximum atomic E-state index is 12.6. The van der Waals surface area contributed by atoms with E-state index in [2.05, 4.69) is 21.3 Å². The number of ether oxygens (including phenoxy) is 1. The molecule has 2 heterocycles. The molecule has 0 aliphatic heterocycles. The lowest BCUT2D eigenvalue weighted by Gasteiger charge is -2.07. The summed E-state index contributed by atoms with van der Waals surface area (Å²) in [5, 5.41) is 0. The number of methoxy groups -OCH3 is 1. The van der Waals surface area contributed by atoms with Gasteiger partial charge in [0.25, 0.3) is 0 Å². The van der Waals surface area contributed by atoms with Crippen LogP contribution < -0.4 is 0 Å². The molecule has 0 spiro atoms. The molecule has 0 saturated carbocycles. The summed E-state index contributed by atoms with van der Waals surface area (Å²) in [6, 6.07) is 4.98. The smallest absolute Gasteiger partial charge is 0.388 e. The summed E-state index contributed by atoms with van der Waals surface area (Å²) in [5.41, 5.74) is 1.96. The molecule has 0 saturated heterocycles. The highest BCUT2D eigenvalue weighted by atomic mass is 19.4. The minimum Gasteiger partial charge on any atom is -0.388 e. The lowest BCUT2D eigenvalue weighted by molar-refractivity contribution is -0.137. The van der Waals surface area contributed by atoms with Gasteiger partial charge in [-0.2, -0.15) is 13.2 Å². The van der Waals surface area contributed by atoms with Crippen molar-refractivity contribution in [3.05, 3.63) is 60.7 Å². The van der Waals surface area contributed by atoms with Gasteiger partial charge in [-0.25, -0.2) is 4.98 Å². The predicted molar refractivity (Wildman–Crippen MR) is 97.8 cm³/mol. The minimum atomic E-state index is -4.34. The standard InChI is InChI=1S/C15H10F3N3.C2H6O.C2H6/c1-2-12-9-21-13(7-20-14(21)8-19-12)10-3-5-11(6-4-10)15(16,17)18;1-3-2;1-2/h2-9H,1H2;1-2H3;1-2H3. The SMILES string of the molecule is C=Cc1cn2c(-c3ccc(C(F)(F)F)cc3)cnc2cn1.CC.COC. The molecule has 0 amide bonds. The first kappa shape index (κ1) is 21.4. The summed E-state index contributed by atoms with van der Waals surface area (Å²) in [7, 11) is 3.25. The van der Waals surface area contributed by atoms with Crippen molar-refractivity contribution in [1.82, 2.24) is 14.4 Å². The molecule has 2 aromatic heterocycles. The van der Waals surface area contributed by atoms with Crippen molar-refractivity contribution in [3.63, 3.8) is 0 Å². The third-order valence-corrected chi connectivity index (χ3v) is 3.13. The number of halogens is 3. The van der Waals surface area contributed by atoms with E-state index >= 15 is 0 Å². The van der Waals surface area contributed by atoms with Gasteiger partial charge in [0.1, 0.15) is 0 Å². The second kappa shape index (κ2) is 9.72. The quantitative estimate of drug-likeness (QED) is 0.615. The Balaban J connectivity index is 0.000000615. The molecule has 4 nitrogen and oxygen atoms in total. The highest BCUT2D eigenvalue weighted by Crippen LogP contribution is 2.31. The fraction of sp³-hybridized carbons (Fsp3) is 0.263. The minimum absolute atomic E-state index is 0.621. The van der Waals surface area contributed by atoms with Crippen LogP contribution in [0, 0.1) is 0 Å². The Morgan fingerprint density at radius 3 is 2.12 bits per heavy atom. The van der Waals surface area contributed by atoms with Gasteiger partial charge in [0.05, 0.1) is 29.3 Å². The number of benzene rings is 1. The van der Waals surface area contributed by atoms with E-state index in [1.807, 2.05) is 13.8 Å². The predicted octanol–water partition coefficient (Wildman–Crippen LogP) is 5.35. The van der Waals surface area contributed by atoms with E-state index in [4.69, 9.17) is 0 Å². The number of hydrogen-bond donors (Lipinski definition) is 0. The Labute approximate surface area is 151 Å². The van der Waals surface area contributed by atoms with Crippen LogP contribution in [0.5, 0.6) is 0 Å². The molecule has 0 unspecified atom stereocenters. The molecular formula is C19H22F3N3O. The van der Waals surface area contributed by atoms with Gasteiger partial charge in [-0.15, -0.1) is 0 Å². The van der Waals surface area contributed by atoms with Crippen molar-refractivity contribution in [2.75, 3.05) is 14.2 Å². The number of fused-ring (bicyclic) bond motifs is 1. The molecule has 0 atom stereocenters. The Kier molecular flexibility index (Phi) is 7.99. The van der Waals surface area contributed by atoms with Crippen LogP contribution in [0.25, 0.3) is 23.0 Å². The maximum absolute atomic E-state index is 12.6. The van der Waals surface area contributed by atoms with Gasteiger partial charge in [-0.3, -0.25) is 9.38 Å². The van der Waals surface area contributed by atoms with Gasteiger partial charge >= 0.3 is 6.18 Å². The molecule has 1 aromatic carbocycles. The lowest BCUT2D eigenvalue weighted by atomic mass is 10.1. The molecule has 26 heavy (non-hydrogen) atoms. The van der Waals surface area contributed by atoms with E-state index in [-0.39, 0.29) is 0 Å². The number of rotatable bonds is 2. The number of nitrogens with zero attached hydrogens (tertiary/aromatic N) is 3. The Morgan fingerprint density at radius 1 is 1.04 bits per heavy atom. The highest BCUT2D eigenvalue weighted by molar-refractivity contribution is 5.64. The van der Waals surface area contributed by atoms with Crippen molar-refractivity contribution >= 4 is 11.7 Å². The molecule has 0 fully saturated rings. The van der Waals surface area contributed by atoms with Crippen LogP contribution >= 0.6 is 0 Å². The second-order valence-corrected chi connectivity index (χ2v) is 4.87. The molecule has 0 N–H and O–H groups in total. The Morgan fingerprint density at radius 2 is 1.62 bits per heavy atom. The van der Waals surface area contributed by atoms with Crippen molar-refractivity contribution < 1.29 is 17.9 Å². The molecule has 0 bridgehead atoms. The molecule has 0 aliphatic carbocycles. The average Bonchev–Trinajstić information content (AvgIpc) is 3.06. The lowest BCUT2D eigenvalue weighted by Crippen LogP contribution is -2.04. The van der Waals surface area contributed by atoms with E-state index in [1.54, 1.807) is 43.3 Å². The number of hydrogen-bond acceptors (Lipinski definition) is 3. The van der Waals surface area contributed by atoms with Crippen LogP contribution in [0.4, 0.5) is 13.2 Å². The second-order valence-electron chi connectivity index (χ2n) is 4.87. The molecule has 140 valence electrons. The zero-order valence-corrected chi connectivity index (χ0v) is 15.2. The Hall–Kier alpha value is -2.67. The summed E-state index contributed by atoms with van der Waals surface area (Å²) in [6.07, 6.45) is 2.19. The van der Waals surface area contributed by atoms with Crippen LogP contribution in [0.3, 0.4) is 0 Å². The molecule has 3 rings (SSSR count). The van der Waals surface area contributed by atoms with Gasteiger partial charge in [-0.05, 0) is 18.2 Å². The molecule has 0 aliphatic rings. The van der Waals surface area contributed by atoms with E-state index in [0.29, 0.717) is 22.6 Å². The fourth-order valence-corrected chi connectivity index (χ4v) is 2.05. The van der Waals surface area contributed by atoms with E-state index in [0.717, 1.165) is 12.1 Å². The fourth-order valence-electron chi connectivity index (χ4n) is 2.05. The van der Waals surface area contributed by atoms with Gasteiger partial charge in [0.15, 0.2) is 5.65 Å². The van der Waals surface area contributed by atoms with Crippen LogP contribution in [-0.4, -0.2) is 28.6 Å². The number of alkyl halides is 3. The van der Waals surface area contributed by atoms with Gasteiger partial charge in [-0.1, -0.05) is 32.6 Å². The largest absolute Gasteiger partial charge is 0.416 e. The first-order valence-corrected chi connectivity index (χ1v) is 7.94. The molecule has 7 heteroatoms. The zero-order chi connectivity index (χ0) is 19.7. The normalized spacial score (nSPS) is 10.4. The number of aromatic nitrogens is 3. The van der Waals surface area contributed by atoms with Crippen LogP contribution in [-0.2, 0) is 10.9 Å². The topological polar surface area (TPSA) is 39.4 Å². The van der Waals surface area contributed by atoms with E-state index < -0.39 is 11.7 Å². The van der Waals surface area contributed by atoms with Crippen LogP contribution in [0.1, 0.15) is 25.1 Å². The average molecular weight is 365 g/mol. The van der Waals surface area contributed by atoms with E-state index in [1.165, 1.54) is 12.1 Å². The van der Waals surface area contributed by atoms with Crippen molar-refractivity contribution in [2.45, 2.75) is 20.0 Å². The highest BCUT2D eigenvalue weighted by Gasteiger charge is 2.30. The van der Waals surface area contributed by atoms with Crippen molar-refractivity contribution in [3.8, 4) is 11.3 Å². The molecule has 3 aromatic rings. The van der Waals surface area contributed by atoms with E-state index in [9.17, 15) is 13.2 Å². The van der Waals surface area contributed by atoms with Crippen LogP contribution in [0.15, 0.2) is 49.4 Å². The number of imidazole rings is 1. The monoisotopic (exact) mass is 365 g/mol. The zero-order valence-electron chi connectivity index (χ0n) is 15.2. The summed E-state index contributed by atoms with van der Waals surface area (Å²) in [5.74, 6) is 0. The summed E-state index contributed by atoms with van der Waals surface area (Å²) in [4.78, 5) is 8.31. The summed E-state index contributed by atoms with van der Waals surface area (Å²) in [6.45, 7) is 7.64. The molecular weight excluding hydrogens is 343 g/mol. The third kappa shape index (κ3) is 5.16. The first-order valence-electron chi connectivity index (χ1n) is 7.94. The van der Waals surface area contributed by atoms with Crippen molar-refractivity contribution in [1.29, 1.82) is 0 Å². The van der Waals surface area contributed by atoms with Gasteiger partial charge in [0, 0.05) is 26.0 Å². The molecule has 0 radical (unpaired) electrons. The van der Waals surface area contributed by atoms with Crippen molar-refractivity contribution in [2.24, 2.45) is 0 Å². The Bertz CT molecular complexity index is 824. The summed E-state index contributed by atoms with van der Waals surface area (Å²) >= 11 is 0. The first-order chi connectivity index (χ1) is 12.4. The third-order valence-electron chi connectivity index (χ3n) is 3.13. The van der Waals surface area contributed by atoms with Gasteiger partial charge < -0.3 is 4.74 Å².